The molecule has 1 saturated heterocycles. The highest BCUT2D eigenvalue weighted by atomic mass is 35.5. The minimum Gasteiger partial charge on any atom is -0.372 e. The molecule has 12 nitrogen and oxygen atoms in total. The van der Waals surface area contributed by atoms with E-state index in [0.717, 1.165) is 79.6 Å². The van der Waals surface area contributed by atoms with E-state index in [1.807, 2.05) is 36.5 Å². The van der Waals surface area contributed by atoms with Gasteiger partial charge in [0.25, 0.3) is 17.7 Å². The van der Waals surface area contributed by atoms with Crippen molar-refractivity contribution in [1.29, 1.82) is 5.26 Å². The molecule has 5 amide bonds. The van der Waals surface area contributed by atoms with Crippen molar-refractivity contribution in [3.63, 3.8) is 0 Å². The van der Waals surface area contributed by atoms with Crippen molar-refractivity contribution in [3.05, 3.63) is 92.8 Å². The average Bonchev–Trinajstić information content (AvgIpc) is 3.69. The summed E-state index contributed by atoms with van der Waals surface area (Å²) < 4.78 is 0. The van der Waals surface area contributed by atoms with Gasteiger partial charge >= 0.3 is 0 Å². The van der Waals surface area contributed by atoms with E-state index in [2.05, 4.69) is 44.6 Å². The Labute approximate surface area is 325 Å². The Hall–Kier alpha value is -5.12. The Balaban J connectivity index is 0.784. The van der Waals surface area contributed by atoms with Crippen LogP contribution in [-0.2, 0) is 22.7 Å². The van der Waals surface area contributed by atoms with Crippen LogP contribution in [0.25, 0.3) is 0 Å². The highest BCUT2D eigenvalue weighted by molar-refractivity contribution is 6.32. The van der Waals surface area contributed by atoms with E-state index in [9.17, 15) is 29.2 Å². The molecule has 1 atom stereocenters. The molecule has 8 rings (SSSR count). The van der Waals surface area contributed by atoms with Gasteiger partial charge in [-0.05, 0) is 123 Å². The molecule has 2 N–H and O–H groups in total. The normalized spacial score (nSPS) is 25.3. The zero-order valence-electron chi connectivity index (χ0n) is 30.9. The predicted molar refractivity (Wildman–Crippen MR) is 204 cm³/mol. The number of piperidine rings is 1. The smallest absolute Gasteiger partial charge is 0.270 e. The number of nitriles is 1. The lowest BCUT2D eigenvalue weighted by atomic mass is 9.79. The van der Waals surface area contributed by atoms with Crippen LogP contribution in [0.3, 0.4) is 0 Å². The first kappa shape index (κ1) is 36.8. The summed E-state index contributed by atoms with van der Waals surface area (Å²) in [5.74, 6) is -1.11. The SMILES string of the molecule is CN(c1ccc(C#N)c(Cl)c1)C1CCC(NC(=O)c2ccc(C3CCC(CN4Cc5cc6c(cc5C4)C(=O)N(C4CCC(=O)NC4=O)C6=O)CC3)cn2)CC1. The van der Waals surface area contributed by atoms with E-state index in [-0.39, 0.29) is 30.7 Å². The predicted octanol–water partition coefficient (Wildman–Crippen LogP) is 5.47. The maximum absolute atomic E-state index is 13.3. The van der Waals surface area contributed by atoms with Crippen LogP contribution in [0, 0.1) is 17.2 Å². The second-order valence-electron chi connectivity index (χ2n) is 15.8. The summed E-state index contributed by atoms with van der Waals surface area (Å²) in [6.45, 7) is 2.36. The third-order valence-electron chi connectivity index (χ3n) is 12.5. The number of rotatable bonds is 8. The first-order valence-corrected chi connectivity index (χ1v) is 19.7. The van der Waals surface area contributed by atoms with Gasteiger partial charge in [-0.1, -0.05) is 17.7 Å². The molecule has 55 heavy (non-hydrogen) atoms. The molecule has 0 spiro atoms. The van der Waals surface area contributed by atoms with Crippen LogP contribution < -0.4 is 15.5 Å². The van der Waals surface area contributed by atoms with Gasteiger partial charge in [-0.2, -0.15) is 5.26 Å². The summed E-state index contributed by atoms with van der Waals surface area (Å²) >= 11 is 6.26. The summed E-state index contributed by atoms with van der Waals surface area (Å²) in [4.78, 5) is 74.0. The van der Waals surface area contributed by atoms with Crippen molar-refractivity contribution >= 4 is 46.8 Å². The molecule has 0 bridgehead atoms. The molecule has 0 radical (unpaired) electrons. The molecule has 13 heteroatoms. The summed E-state index contributed by atoms with van der Waals surface area (Å²) in [5, 5.41) is 15.1. The Morgan fingerprint density at radius 1 is 0.927 bits per heavy atom. The second-order valence-corrected chi connectivity index (χ2v) is 16.3. The van der Waals surface area contributed by atoms with E-state index >= 15 is 0 Å². The number of aromatic nitrogens is 1. The monoisotopic (exact) mass is 761 g/mol. The van der Waals surface area contributed by atoms with Crippen molar-refractivity contribution in [2.75, 3.05) is 18.5 Å². The Morgan fingerprint density at radius 2 is 1.62 bits per heavy atom. The number of carbonyl (C=O) groups is 5. The van der Waals surface area contributed by atoms with Crippen LogP contribution in [0.4, 0.5) is 5.69 Å². The minimum atomic E-state index is -0.960. The van der Waals surface area contributed by atoms with Crippen LogP contribution in [0.5, 0.6) is 0 Å². The molecule has 1 unspecified atom stereocenters. The van der Waals surface area contributed by atoms with Crippen molar-refractivity contribution in [2.45, 2.75) is 101 Å². The quantitative estimate of drug-likeness (QED) is 0.284. The fourth-order valence-corrected chi connectivity index (χ4v) is 9.50. The third kappa shape index (κ3) is 7.35. The summed E-state index contributed by atoms with van der Waals surface area (Å²) in [6.07, 6.45) is 10.0. The molecule has 1 aromatic heterocycles. The summed E-state index contributed by atoms with van der Waals surface area (Å²) in [7, 11) is 2.05. The minimum absolute atomic E-state index is 0.0986. The fraction of sp³-hybridized carbons (Fsp3) is 0.452. The molecular weight excluding hydrogens is 718 g/mol. The molecule has 3 aromatic rings. The number of halogens is 1. The average molecular weight is 762 g/mol. The van der Waals surface area contributed by atoms with Gasteiger partial charge in [0.05, 0.1) is 21.7 Å². The summed E-state index contributed by atoms with van der Waals surface area (Å²) in [5.41, 5.74) is 5.83. The highest BCUT2D eigenvalue weighted by Gasteiger charge is 2.45. The zero-order valence-corrected chi connectivity index (χ0v) is 31.6. The Morgan fingerprint density at radius 3 is 2.22 bits per heavy atom. The van der Waals surface area contributed by atoms with Crippen LogP contribution in [0.15, 0.2) is 48.7 Å². The van der Waals surface area contributed by atoms with Gasteiger partial charge in [-0.3, -0.25) is 44.1 Å². The first-order valence-electron chi connectivity index (χ1n) is 19.3. The number of hydrogen-bond donors (Lipinski definition) is 2. The van der Waals surface area contributed by atoms with Gasteiger partial charge < -0.3 is 10.2 Å². The molecule has 2 aromatic carbocycles. The molecular formula is C42H44ClN7O5. The molecule has 3 fully saturated rings. The van der Waals surface area contributed by atoms with E-state index in [1.165, 1.54) is 5.56 Å². The Bertz CT molecular complexity index is 2050. The third-order valence-corrected chi connectivity index (χ3v) is 12.8. The van der Waals surface area contributed by atoms with Gasteiger partial charge in [0, 0.05) is 57.1 Å². The molecule has 4 heterocycles. The van der Waals surface area contributed by atoms with Crippen LogP contribution in [-0.4, -0.2) is 76.0 Å². The molecule has 5 aliphatic rings. The van der Waals surface area contributed by atoms with Crippen LogP contribution in [0.2, 0.25) is 5.02 Å². The molecule has 2 aliphatic carbocycles. The molecule has 3 aliphatic heterocycles. The van der Waals surface area contributed by atoms with E-state index in [1.54, 1.807) is 6.07 Å². The largest absolute Gasteiger partial charge is 0.372 e. The highest BCUT2D eigenvalue weighted by Crippen LogP contribution is 2.38. The number of nitrogens with one attached hydrogen (secondary N) is 2. The van der Waals surface area contributed by atoms with Gasteiger partial charge in [0.2, 0.25) is 11.8 Å². The number of carbonyl (C=O) groups excluding carboxylic acids is 5. The lowest BCUT2D eigenvalue weighted by Gasteiger charge is -2.36. The number of benzene rings is 2. The number of imide groups is 2. The van der Waals surface area contributed by atoms with Crippen molar-refractivity contribution in [2.24, 2.45) is 5.92 Å². The van der Waals surface area contributed by atoms with E-state index in [0.29, 0.717) is 58.4 Å². The fourth-order valence-electron chi connectivity index (χ4n) is 9.28. The van der Waals surface area contributed by atoms with Crippen molar-refractivity contribution in [3.8, 4) is 6.07 Å². The number of hydrogen-bond acceptors (Lipinski definition) is 9. The number of nitrogens with zero attached hydrogens (tertiary/aromatic N) is 5. The number of anilines is 1. The standard InChI is InChI=1S/C42H44ClN7O5/c1-48(32-10-6-26(19-44)35(43)18-32)31-11-8-30(9-12-31)46-39(52)36-13-7-27(20-45-36)25-4-2-24(3-5-25)21-49-22-28-16-33-34(17-29(28)23-49)42(55)50(41(33)54)37-14-15-38(51)47-40(37)53/h6-7,10,13,16-18,20,24-25,30-31,37H,2-5,8-9,11-12,14-15,21-23H2,1H3,(H,46,52)(H,47,51,53). The van der Waals surface area contributed by atoms with Crippen molar-refractivity contribution < 1.29 is 24.0 Å². The lowest BCUT2D eigenvalue weighted by molar-refractivity contribution is -0.136. The molecule has 2 saturated carbocycles. The van der Waals surface area contributed by atoms with Crippen LogP contribution >= 0.6 is 11.6 Å². The Kier molecular flexibility index (Phi) is 10.2. The summed E-state index contributed by atoms with van der Waals surface area (Å²) in [6, 6.07) is 14.7. The van der Waals surface area contributed by atoms with Crippen molar-refractivity contribution in [1.82, 2.24) is 25.4 Å². The number of pyridine rings is 1. The zero-order chi connectivity index (χ0) is 38.4. The van der Waals surface area contributed by atoms with Gasteiger partial charge in [0.1, 0.15) is 17.8 Å². The maximum atomic E-state index is 13.3. The molecule has 284 valence electrons. The van der Waals surface area contributed by atoms with Crippen LogP contribution in [0.1, 0.15) is 124 Å². The van der Waals surface area contributed by atoms with Gasteiger partial charge in [-0.15, -0.1) is 0 Å². The number of amides is 5. The number of fused-ring (bicyclic) bond motifs is 2. The maximum Gasteiger partial charge on any atom is 0.270 e. The van der Waals surface area contributed by atoms with Gasteiger partial charge in [0.15, 0.2) is 0 Å². The van der Waals surface area contributed by atoms with E-state index < -0.39 is 23.8 Å². The first-order chi connectivity index (χ1) is 26.6. The van der Waals surface area contributed by atoms with Gasteiger partial charge in [-0.25, -0.2) is 0 Å². The lowest BCUT2D eigenvalue weighted by Crippen LogP contribution is -2.54. The van der Waals surface area contributed by atoms with E-state index in [4.69, 9.17) is 11.6 Å². The second kappa shape index (κ2) is 15.2. The topological polar surface area (TPSA) is 156 Å².